The van der Waals surface area contributed by atoms with Gasteiger partial charge in [0.15, 0.2) is 0 Å². The largest absolute Gasteiger partial charge is 0.463 e. The smallest absolute Gasteiger partial charge is 0.416 e. The first kappa shape index (κ1) is 13.3. The number of benzene rings is 1. The molecule has 0 N–H and O–H groups in total. The van der Waals surface area contributed by atoms with Crippen LogP contribution >= 0.6 is 0 Å². The summed E-state index contributed by atoms with van der Waals surface area (Å²) in [5.74, 6) is -0.579. The average Bonchev–Trinajstić information content (AvgIpc) is 2.26. The lowest BCUT2D eigenvalue weighted by Crippen LogP contribution is -2.04. The minimum atomic E-state index is -4.38. The fraction of sp³-hybridized carbons (Fsp3) is 0.250. The standard InChI is InChI=1S/C12H11F3O2/c1-2-17-11(16)7-6-9-4-3-5-10(8-9)12(13,14)15/h3-8H,2H2,1H3/b7-6-. The van der Waals surface area contributed by atoms with Crippen molar-refractivity contribution < 1.29 is 22.7 Å². The van der Waals surface area contributed by atoms with Crippen molar-refractivity contribution in [3.05, 3.63) is 41.5 Å². The molecule has 0 fully saturated rings. The molecule has 2 nitrogen and oxygen atoms in total. The van der Waals surface area contributed by atoms with Crippen LogP contribution in [0, 0.1) is 0 Å². The van der Waals surface area contributed by atoms with E-state index in [0.29, 0.717) is 5.56 Å². The molecule has 0 aliphatic rings. The Bertz CT molecular complexity index is 422. The molecule has 1 aromatic rings. The zero-order chi connectivity index (χ0) is 12.9. The molecule has 0 heterocycles. The first-order valence-corrected chi connectivity index (χ1v) is 4.95. The van der Waals surface area contributed by atoms with E-state index in [0.717, 1.165) is 18.2 Å². The van der Waals surface area contributed by atoms with Gasteiger partial charge in [0.25, 0.3) is 0 Å². The molecule has 0 bridgehead atoms. The van der Waals surface area contributed by atoms with Crippen LogP contribution in [-0.4, -0.2) is 12.6 Å². The lowest BCUT2D eigenvalue weighted by molar-refractivity contribution is -0.138. The molecule has 0 atom stereocenters. The molecule has 1 rings (SSSR count). The van der Waals surface area contributed by atoms with Gasteiger partial charge in [0.2, 0.25) is 0 Å². The molecule has 0 aliphatic heterocycles. The van der Waals surface area contributed by atoms with Gasteiger partial charge in [-0.1, -0.05) is 12.1 Å². The number of carbonyl (C=O) groups is 1. The van der Waals surface area contributed by atoms with Crippen LogP contribution in [0.15, 0.2) is 30.3 Å². The number of esters is 1. The number of ether oxygens (including phenoxy) is 1. The van der Waals surface area contributed by atoms with Crippen LogP contribution in [0.3, 0.4) is 0 Å². The van der Waals surface area contributed by atoms with E-state index in [2.05, 4.69) is 4.74 Å². The molecular formula is C12H11F3O2. The topological polar surface area (TPSA) is 26.3 Å². The highest BCUT2D eigenvalue weighted by molar-refractivity contribution is 5.87. The molecule has 0 spiro atoms. The fourth-order valence-corrected chi connectivity index (χ4v) is 1.17. The third kappa shape index (κ3) is 4.30. The Hall–Kier alpha value is -1.78. The SMILES string of the molecule is CCOC(=O)/C=C\c1cccc(C(F)(F)F)c1. The molecule has 0 unspecified atom stereocenters. The van der Waals surface area contributed by atoms with Crippen molar-refractivity contribution in [2.45, 2.75) is 13.1 Å². The molecule has 17 heavy (non-hydrogen) atoms. The summed E-state index contributed by atoms with van der Waals surface area (Å²) in [5.41, 5.74) is -0.448. The van der Waals surface area contributed by atoms with Crippen molar-refractivity contribution in [2.75, 3.05) is 6.61 Å². The van der Waals surface area contributed by atoms with E-state index >= 15 is 0 Å². The van der Waals surface area contributed by atoms with Gasteiger partial charge in [-0.3, -0.25) is 0 Å². The summed E-state index contributed by atoms with van der Waals surface area (Å²) in [6.45, 7) is 1.88. The summed E-state index contributed by atoms with van der Waals surface area (Å²) in [6, 6.07) is 4.70. The molecule has 0 amide bonds. The predicted octanol–water partition coefficient (Wildman–Crippen LogP) is 3.28. The number of alkyl halides is 3. The molecule has 0 saturated heterocycles. The second-order valence-corrected chi connectivity index (χ2v) is 3.21. The quantitative estimate of drug-likeness (QED) is 0.602. The first-order valence-electron chi connectivity index (χ1n) is 4.95. The van der Waals surface area contributed by atoms with Crippen molar-refractivity contribution in [3.8, 4) is 0 Å². The molecule has 92 valence electrons. The van der Waals surface area contributed by atoms with Crippen molar-refractivity contribution in [1.29, 1.82) is 0 Å². The molecule has 0 radical (unpaired) electrons. The number of rotatable bonds is 3. The lowest BCUT2D eigenvalue weighted by atomic mass is 10.1. The van der Waals surface area contributed by atoms with Crippen LogP contribution in [0.4, 0.5) is 13.2 Å². The summed E-state index contributed by atoms with van der Waals surface area (Å²) in [4.78, 5) is 11.0. The lowest BCUT2D eigenvalue weighted by Gasteiger charge is -2.06. The fourth-order valence-electron chi connectivity index (χ4n) is 1.17. The summed E-state index contributed by atoms with van der Waals surface area (Å²) in [6.07, 6.45) is -2.00. The minimum Gasteiger partial charge on any atom is -0.463 e. The maximum atomic E-state index is 12.4. The van der Waals surface area contributed by atoms with Crippen LogP contribution in [0.2, 0.25) is 0 Å². The van der Waals surface area contributed by atoms with Crippen molar-refractivity contribution in [2.24, 2.45) is 0 Å². The Kier molecular flexibility index (Phi) is 4.31. The highest BCUT2D eigenvalue weighted by Crippen LogP contribution is 2.29. The van der Waals surface area contributed by atoms with Gasteiger partial charge in [-0.05, 0) is 30.7 Å². The van der Waals surface area contributed by atoms with E-state index in [4.69, 9.17) is 0 Å². The van der Waals surface area contributed by atoms with Gasteiger partial charge >= 0.3 is 12.1 Å². The van der Waals surface area contributed by atoms with Crippen molar-refractivity contribution in [3.63, 3.8) is 0 Å². The first-order chi connectivity index (χ1) is 7.93. The van der Waals surface area contributed by atoms with E-state index in [1.54, 1.807) is 6.92 Å². The van der Waals surface area contributed by atoms with Gasteiger partial charge in [0, 0.05) is 6.08 Å². The van der Waals surface area contributed by atoms with E-state index < -0.39 is 17.7 Å². The predicted molar refractivity (Wildman–Crippen MR) is 57.1 cm³/mol. The third-order valence-electron chi connectivity index (χ3n) is 1.91. The van der Waals surface area contributed by atoms with Gasteiger partial charge in [-0.25, -0.2) is 4.79 Å². The Balaban J connectivity index is 2.83. The summed E-state index contributed by atoms with van der Waals surface area (Å²) < 4.78 is 41.7. The summed E-state index contributed by atoms with van der Waals surface area (Å²) in [5, 5.41) is 0. The van der Waals surface area contributed by atoms with Gasteiger partial charge in [-0.15, -0.1) is 0 Å². The van der Waals surface area contributed by atoms with Crippen LogP contribution in [0.5, 0.6) is 0 Å². The third-order valence-corrected chi connectivity index (χ3v) is 1.91. The van der Waals surface area contributed by atoms with Crippen LogP contribution < -0.4 is 0 Å². The monoisotopic (exact) mass is 244 g/mol. The molecular weight excluding hydrogens is 233 g/mol. The Morgan fingerprint density at radius 3 is 2.71 bits per heavy atom. The summed E-state index contributed by atoms with van der Waals surface area (Å²) >= 11 is 0. The number of hydrogen-bond donors (Lipinski definition) is 0. The zero-order valence-corrected chi connectivity index (χ0v) is 9.12. The number of carbonyl (C=O) groups excluding carboxylic acids is 1. The summed E-state index contributed by atoms with van der Waals surface area (Å²) in [7, 11) is 0. The molecule has 5 heteroatoms. The molecule has 1 aromatic carbocycles. The molecule has 0 aliphatic carbocycles. The van der Waals surface area contributed by atoms with Crippen LogP contribution in [0.25, 0.3) is 6.08 Å². The Labute approximate surface area is 96.7 Å². The maximum Gasteiger partial charge on any atom is 0.416 e. The van der Waals surface area contributed by atoms with E-state index in [9.17, 15) is 18.0 Å². The van der Waals surface area contributed by atoms with E-state index in [1.807, 2.05) is 0 Å². The molecule has 0 aromatic heterocycles. The zero-order valence-electron chi connectivity index (χ0n) is 9.12. The van der Waals surface area contributed by atoms with E-state index in [-0.39, 0.29) is 6.61 Å². The van der Waals surface area contributed by atoms with Gasteiger partial charge < -0.3 is 4.74 Å². The Morgan fingerprint density at radius 2 is 2.12 bits per heavy atom. The van der Waals surface area contributed by atoms with Gasteiger partial charge in [0.1, 0.15) is 0 Å². The Morgan fingerprint density at radius 1 is 1.41 bits per heavy atom. The van der Waals surface area contributed by atoms with Crippen LogP contribution in [-0.2, 0) is 15.7 Å². The second kappa shape index (κ2) is 5.52. The second-order valence-electron chi connectivity index (χ2n) is 3.21. The normalized spacial score (nSPS) is 11.8. The number of hydrogen-bond acceptors (Lipinski definition) is 2. The minimum absolute atomic E-state index is 0.228. The van der Waals surface area contributed by atoms with Crippen molar-refractivity contribution >= 4 is 12.0 Å². The highest BCUT2D eigenvalue weighted by Gasteiger charge is 2.30. The van der Waals surface area contributed by atoms with Crippen LogP contribution in [0.1, 0.15) is 18.1 Å². The van der Waals surface area contributed by atoms with Gasteiger partial charge in [-0.2, -0.15) is 13.2 Å². The molecule has 0 saturated carbocycles. The maximum absolute atomic E-state index is 12.4. The van der Waals surface area contributed by atoms with Gasteiger partial charge in [0.05, 0.1) is 12.2 Å². The van der Waals surface area contributed by atoms with Crippen molar-refractivity contribution in [1.82, 2.24) is 0 Å². The highest BCUT2D eigenvalue weighted by atomic mass is 19.4. The number of halogens is 3. The average molecular weight is 244 g/mol. The van der Waals surface area contributed by atoms with E-state index in [1.165, 1.54) is 18.2 Å².